The van der Waals surface area contributed by atoms with E-state index >= 15 is 0 Å². The molecule has 1 saturated heterocycles. The molecule has 1 aliphatic rings. The van der Waals surface area contributed by atoms with Crippen LogP contribution < -0.4 is 0 Å². The molecule has 3 heteroatoms. The summed E-state index contributed by atoms with van der Waals surface area (Å²) >= 11 is 0. The van der Waals surface area contributed by atoms with Gasteiger partial charge in [-0.05, 0) is 32.4 Å². The van der Waals surface area contributed by atoms with E-state index in [2.05, 4.69) is 4.90 Å². The number of carbonyl (C=O) groups is 1. The van der Waals surface area contributed by atoms with Crippen LogP contribution in [0, 0.1) is 5.92 Å². The van der Waals surface area contributed by atoms with Gasteiger partial charge < -0.3 is 10.0 Å². The van der Waals surface area contributed by atoms with Crippen LogP contribution in [-0.4, -0.2) is 36.1 Å². The maximum Gasteiger partial charge on any atom is 0.303 e. The van der Waals surface area contributed by atoms with Gasteiger partial charge in [-0.1, -0.05) is 0 Å². The molecule has 0 spiro atoms. The normalized spacial score (nSPS) is 26.8. The van der Waals surface area contributed by atoms with E-state index in [4.69, 9.17) is 5.11 Å². The molecule has 64 valence electrons. The molecule has 1 unspecified atom stereocenters. The molecule has 11 heavy (non-hydrogen) atoms. The Morgan fingerprint density at radius 3 is 3.00 bits per heavy atom. The lowest BCUT2D eigenvalue weighted by Gasteiger charge is -2.28. The van der Waals surface area contributed by atoms with Gasteiger partial charge in [0.15, 0.2) is 0 Å². The number of rotatable bonds is 2. The lowest BCUT2D eigenvalue weighted by molar-refractivity contribution is -0.138. The highest BCUT2D eigenvalue weighted by atomic mass is 16.4. The van der Waals surface area contributed by atoms with Crippen molar-refractivity contribution in [3.05, 3.63) is 0 Å². The Balaban J connectivity index is 2.28. The molecule has 0 radical (unpaired) electrons. The Labute approximate surface area is 67.0 Å². The number of likely N-dealkylation sites (tertiary alicyclic amines) is 1. The van der Waals surface area contributed by atoms with Crippen LogP contribution in [0.2, 0.25) is 0 Å². The van der Waals surface area contributed by atoms with E-state index in [1.165, 1.54) is 0 Å². The van der Waals surface area contributed by atoms with E-state index in [1.807, 2.05) is 7.05 Å². The summed E-state index contributed by atoms with van der Waals surface area (Å²) in [5.41, 5.74) is 0. The SMILES string of the molecule is CN1CCCC(CC(=O)O)C1. The number of piperidine rings is 1. The predicted octanol–water partition coefficient (Wildman–Crippen LogP) is 0.803. The van der Waals surface area contributed by atoms with E-state index in [1.54, 1.807) is 0 Å². The predicted molar refractivity (Wildman–Crippen MR) is 42.5 cm³/mol. The second kappa shape index (κ2) is 3.72. The Morgan fingerprint density at radius 2 is 2.45 bits per heavy atom. The Hall–Kier alpha value is -0.570. The average molecular weight is 157 g/mol. The first-order valence-electron chi connectivity index (χ1n) is 4.09. The number of carboxylic acids is 1. The lowest BCUT2D eigenvalue weighted by Crippen LogP contribution is -2.33. The van der Waals surface area contributed by atoms with Gasteiger partial charge in [-0.15, -0.1) is 0 Å². The van der Waals surface area contributed by atoms with Crippen molar-refractivity contribution in [2.75, 3.05) is 20.1 Å². The Bertz CT molecular complexity index is 147. The summed E-state index contributed by atoms with van der Waals surface area (Å²) in [5.74, 6) is -0.281. The molecule has 1 rings (SSSR count). The monoisotopic (exact) mass is 157 g/mol. The molecule has 0 aromatic rings. The lowest BCUT2D eigenvalue weighted by atomic mass is 9.95. The van der Waals surface area contributed by atoms with Crippen molar-refractivity contribution in [3.63, 3.8) is 0 Å². The maximum atomic E-state index is 10.4. The maximum absolute atomic E-state index is 10.4. The fourth-order valence-electron chi connectivity index (χ4n) is 1.69. The standard InChI is InChI=1S/C8H15NO2/c1-9-4-2-3-7(6-9)5-8(10)11/h7H,2-6H2,1H3,(H,10,11). The van der Waals surface area contributed by atoms with Crippen molar-refractivity contribution < 1.29 is 9.90 Å². The van der Waals surface area contributed by atoms with Crippen molar-refractivity contribution in [2.24, 2.45) is 5.92 Å². The van der Waals surface area contributed by atoms with E-state index in [0.717, 1.165) is 25.9 Å². The Morgan fingerprint density at radius 1 is 1.73 bits per heavy atom. The summed E-state index contributed by atoms with van der Waals surface area (Å²) in [6, 6.07) is 0. The highest BCUT2D eigenvalue weighted by Crippen LogP contribution is 2.17. The number of nitrogens with zero attached hydrogens (tertiary/aromatic N) is 1. The zero-order chi connectivity index (χ0) is 8.27. The third kappa shape index (κ3) is 2.89. The molecule has 1 heterocycles. The summed E-state index contributed by atoms with van der Waals surface area (Å²) in [7, 11) is 2.05. The van der Waals surface area contributed by atoms with Crippen LogP contribution in [-0.2, 0) is 4.79 Å². The molecule has 1 fully saturated rings. The van der Waals surface area contributed by atoms with Gasteiger partial charge in [-0.25, -0.2) is 0 Å². The summed E-state index contributed by atoms with van der Waals surface area (Å²) in [5, 5.41) is 8.53. The average Bonchev–Trinajstić information content (AvgIpc) is 1.85. The molecule has 1 aliphatic heterocycles. The van der Waals surface area contributed by atoms with Crippen LogP contribution in [0.1, 0.15) is 19.3 Å². The van der Waals surface area contributed by atoms with Crippen molar-refractivity contribution >= 4 is 5.97 Å². The molecular formula is C8H15NO2. The minimum atomic E-state index is -0.662. The highest BCUT2D eigenvalue weighted by Gasteiger charge is 2.19. The minimum absolute atomic E-state index is 0.338. The van der Waals surface area contributed by atoms with Gasteiger partial charge in [0.25, 0.3) is 0 Å². The quantitative estimate of drug-likeness (QED) is 0.644. The van der Waals surface area contributed by atoms with Gasteiger partial charge in [0.1, 0.15) is 0 Å². The first kappa shape index (κ1) is 8.53. The van der Waals surface area contributed by atoms with Gasteiger partial charge >= 0.3 is 5.97 Å². The number of carboxylic acid groups (broad SMARTS) is 1. The summed E-state index contributed by atoms with van der Waals surface area (Å²) in [4.78, 5) is 12.6. The molecule has 0 aromatic carbocycles. The first-order valence-corrected chi connectivity index (χ1v) is 4.09. The third-order valence-electron chi connectivity index (χ3n) is 2.19. The molecular weight excluding hydrogens is 142 g/mol. The second-order valence-electron chi connectivity index (χ2n) is 3.37. The van der Waals surface area contributed by atoms with Gasteiger partial charge in [0.05, 0.1) is 0 Å². The number of hydrogen-bond donors (Lipinski definition) is 1. The van der Waals surface area contributed by atoms with Crippen LogP contribution >= 0.6 is 0 Å². The highest BCUT2D eigenvalue weighted by molar-refractivity contribution is 5.67. The van der Waals surface area contributed by atoms with E-state index in [9.17, 15) is 4.79 Å². The number of aliphatic carboxylic acids is 1. The zero-order valence-corrected chi connectivity index (χ0v) is 6.92. The number of hydrogen-bond acceptors (Lipinski definition) is 2. The van der Waals surface area contributed by atoms with Crippen molar-refractivity contribution in [2.45, 2.75) is 19.3 Å². The molecule has 1 N–H and O–H groups in total. The molecule has 3 nitrogen and oxygen atoms in total. The molecule has 0 saturated carbocycles. The topological polar surface area (TPSA) is 40.5 Å². The molecule has 0 amide bonds. The fraction of sp³-hybridized carbons (Fsp3) is 0.875. The minimum Gasteiger partial charge on any atom is -0.481 e. The van der Waals surface area contributed by atoms with Crippen LogP contribution in [0.25, 0.3) is 0 Å². The molecule has 0 aliphatic carbocycles. The van der Waals surface area contributed by atoms with Gasteiger partial charge in [-0.3, -0.25) is 4.79 Å². The molecule has 1 atom stereocenters. The fourth-order valence-corrected chi connectivity index (χ4v) is 1.69. The zero-order valence-electron chi connectivity index (χ0n) is 6.92. The summed E-state index contributed by atoms with van der Waals surface area (Å²) in [6.45, 7) is 2.07. The Kier molecular flexibility index (Phi) is 2.88. The molecule has 0 bridgehead atoms. The second-order valence-corrected chi connectivity index (χ2v) is 3.37. The van der Waals surface area contributed by atoms with Crippen LogP contribution in [0.15, 0.2) is 0 Å². The third-order valence-corrected chi connectivity index (χ3v) is 2.19. The van der Waals surface area contributed by atoms with Crippen molar-refractivity contribution in [1.29, 1.82) is 0 Å². The smallest absolute Gasteiger partial charge is 0.303 e. The first-order chi connectivity index (χ1) is 5.18. The van der Waals surface area contributed by atoms with Crippen LogP contribution in [0.5, 0.6) is 0 Å². The van der Waals surface area contributed by atoms with Crippen LogP contribution in [0.4, 0.5) is 0 Å². The van der Waals surface area contributed by atoms with Crippen molar-refractivity contribution in [1.82, 2.24) is 4.90 Å². The van der Waals surface area contributed by atoms with Crippen LogP contribution in [0.3, 0.4) is 0 Å². The largest absolute Gasteiger partial charge is 0.481 e. The van der Waals surface area contributed by atoms with Crippen molar-refractivity contribution in [3.8, 4) is 0 Å². The summed E-state index contributed by atoms with van der Waals surface area (Å²) in [6.07, 6.45) is 2.56. The van der Waals surface area contributed by atoms with E-state index in [0.29, 0.717) is 12.3 Å². The molecule has 0 aromatic heterocycles. The van der Waals surface area contributed by atoms with Gasteiger partial charge in [0.2, 0.25) is 0 Å². The van der Waals surface area contributed by atoms with E-state index < -0.39 is 5.97 Å². The summed E-state index contributed by atoms with van der Waals surface area (Å²) < 4.78 is 0. The van der Waals surface area contributed by atoms with Gasteiger partial charge in [0, 0.05) is 13.0 Å². The van der Waals surface area contributed by atoms with E-state index in [-0.39, 0.29) is 0 Å². The van der Waals surface area contributed by atoms with Gasteiger partial charge in [-0.2, -0.15) is 0 Å².